The van der Waals surface area contributed by atoms with E-state index < -0.39 is 10.0 Å². The van der Waals surface area contributed by atoms with Gasteiger partial charge in [-0.1, -0.05) is 0 Å². The zero-order chi connectivity index (χ0) is 15.6. The summed E-state index contributed by atoms with van der Waals surface area (Å²) in [6, 6.07) is 5.73. The summed E-state index contributed by atoms with van der Waals surface area (Å²) >= 11 is 1.63. The summed E-state index contributed by atoms with van der Waals surface area (Å²) in [5.41, 5.74) is 5.30. The number of hydrogen-bond donors (Lipinski definition) is 2. The topological polar surface area (TPSA) is 71.1 Å². The summed E-state index contributed by atoms with van der Waals surface area (Å²) < 4.78 is 25.1. The number of nitrogens with zero attached hydrogens (tertiary/aromatic N) is 1. The summed E-state index contributed by atoms with van der Waals surface area (Å²) in [6.07, 6.45) is 1.15. The lowest BCUT2D eigenvalue weighted by molar-refractivity contribution is 0.607. The first kappa shape index (κ1) is 15.8. The predicted octanol–water partition coefficient (Wildman–Crippen LogP) is 3.30. The summed E-state index contributed by atoms with van der Waals surface area (Å²) in [7, 11) is -3.25. The summed E-state index contributed by atoms with van der Waals surface area (Å²) in [4.78, 5) is 5.45. The van der Waals surface area contributed by atoms with Crippen LogP contribution in [-0.4, -0.2) is 19.7 Å². The molecule has 21 heavy (non-hydrogen) atoms. The van der Waals surface area contributed by atoms with Gasteiger partial charge in [-0.2, -0.15) is 0 Å². The Kier molecular flexibility index (Phi) is 4.53. The fourth-order valence-corrected chi connectivity index (χ4v) is 3.55. The van der Waals surface area contributed by atoms with Gasteiger partial charge in [0.2, 0.25) is 10.0 Å². The van der Waals surface area contributed by atoms with E-state index in [1.165, 1.54) is 4.88 Å². The second-order valence-electron chi connectivity index (χ2n) is 5.07. The van der Waals surface area contributed by atoms with Crippen molar-refractivity contribution in [1.82, 2.24) is 4.98 Å². The smallest absolute Gasteiger partial charge is 0.229 e. The molecule has 0 spiro atoms. The van der Waals surface area contributed by atoms with Crippen LogP contribution in [0.5, 0.6) is 0 Å². The first-order chi connectivity index (χ1) is 9.76. The van der Waals surface area contributed by atoms with Crippen molar-refractivity contribution in [1.29, 1.82) is 0 Å². The minimum Gasteiger partial charge on any atom is -0.378 e. The molecule has 114 valence electrons. The number of aromatic nitrogens is 1. The Balaban J connectivity index is 2.15. The molecule has 2 N–H and O–H groups in total. The molecule has 0 aliphatic rings. The zero-order valence-electron chi connectivity index (χ0n) is 12.5. The van der Waals surface area contributed by atoms with Crippen molar-refractivity contribution in [2.45, 2.75) is 26.8 Å². The first-order valence-electron chi connectivity index (χ1n) is 6.51. The quantitative estimate of drug-likeness (QED) is 0.885. The largest absolute Gasteiger partial charge is 0.378 e. The molecule has 5 nitrogen and oxygen atoms in total. The normalized spacial score (nSPS) is 13.0. The van der Waals surface area contributed by atoms with Crippen LogP contribution < -0.4 is 10.0 Å². The Bertz CT molecular complexity index is 738. The molecule has 0 radical (unpaired) electrons. The highest BCUT2D eigenvalue weighted by molar-refractivity contribution is 7.92. The fraction of sp³-hybridized carbons (Fsp3) is 0.357. The van der Waals surface area contributed by atoms with Gasteiger partial charge in [-0.15, -0.1) is 11.3 Å². The van der Waals surface area contributed by atoms with Crippen molar-refractivity contribution < 1.29 is 8.42 Å². The summed E-state index contributed by atoms with van der Waals surface area (Å²) in [5, 5.41) is 3.41. The number of rotatable bonds is 5. The number of nitrogens with one attached hydrogen (secondary N) is 2. The lowest BCUT2D eigenvalue weighted by Gasteiger charge is -2.16. The van der Waals surface area contributed by atoms with Crippen molar-refractivity contribution in [2.24, 2.45) is 0 Å². The van der Waals surface area contributed by atoms with Crippen LogP contribution >= 0.6 is 11.3 Å². The molecule has 1 unspecified atom stereocenters. The highest BCUT2D eigenvalue weighted by atomic mass is 32.2. The van der Waals surface area contributed by atoms with E-state index in [1.807, 2.05) is 31.5 Å². The van der Waals surface area contributed by atoms with Gasteiger partial charge in [-0.25, -0.2) is 13.4 Å². The predicted molar refractivity (Wildman–Crippen MR) is 88.5 cm³/mol. The molecule has 0 bridgehead atoms. The molecule has 0 amide bonds. The molecule has 2 aromatic rings. The number of anilines is 2. The van der Waals surface area contributed by atoms with Crippen LogP contribution in [0.2, 0.25) is 0 Å². The van der Waals surface area contributed by atoms with E-state index in [2.05, 4.69) is 21.9 Å². The minimum atomic E-state index is -3.25. The van der Waals surface area contributed by atoms with Gasteiger partial charge in [0.1, 0.15) is 0 Å². The highest BCUT2D eigenvalue weighted by Crippen LogP contribution is 2.27. The van der Waals surface area contributed by atoms with Crippen molar-refractivity contribution in [3.05, 3.63) is 39.8 Å². The van der Waals surface area contributed by atoms with E-state index in [9.17, 15) is 8.42 Å². The van der Waals surface area contributed by atoms with Gasteiger partial charge in [0.15, 0.2) is 0 Å². The van der Waals surface area contributed by atoms with Crippen LogP contribution in [0.3, 0.4) is 0 Å². The third kappa shape index (κ3) is 4.18. The molecule has 1 heterocycles. The van der Waals surface area contributed by atoms with Gasteiger partial charge in [0, 0.05) is 10.6 Å². The monoisotopic (exact) mass is 325 g/mol. The number of thiazole rings is 1. The lowest BCUT2D eigenvalue weighted by Crippen LogP contribution is -2.11. The average molecular weight is 325 g/mol. The van der Waals surface area contributed by atoms with Gasteiger partial charge >= 0.3 is 0 Å². The molecule has 0 saturated carbocycles. The maximum Gasteiger partial charge on any atom is 0.229 e. The minimum absolute atomic E-state index is 0.158. The summed E-state index contributed by atoms with van der Waals surface area (Å²) in [6.45, 7) is 5.95. The van der Waals surface area contributed by atoms with Gasteiger partial charge in [0.25, 0.3) is 0 Å². The molecule has 0 saturated heterocycles. The van der Waals surface area contributed by atoms with Crippen molar-refractivity contribution >= 4 is 32.7 Å². The van der Waals surface area contributed by atoms with Crippen LogP contribution in [-0.2, 0) is 10.0 Å². The Hall–Kier alpha value is -1.60. The lowest BCUT2D eigenvalue weighted by atomic mass is 10.1. The first-order valence-corrected chi connectivity index (χ1v) is 9.28. The van der Waals surface area contributed by atoms with Crippen LogP contribution in [0.4, 0.5) is 11.4 Å². The number of aryl methyl sites for hydroxylation is 2. The molecule has 2 rings (SSSR count). The fourth-order valence-electron chi connectivity index (χ4n) is 2.11. The van der Waals surface area contributed by atoms with E-state index >= 15 is 0 Å². The molecule has 1 aromatic heterocycles. The second-order valence-corrected chi connectivity index (χ2v) is 7.71. The number of sulfonamides is 1. The third-order valence-corrected chi connectivity index (χ3v) is 4.79. The van der Waals surface area contributed by atoms with Gasteiger partial charge in [0.05, 0.1) is 29.2 Å². The van der Waals surface area contributed by atoms with E-state index in [0.29, 0.717) is 5.69 Å². The van der Waals surface area contributed by atoms with Crippen LogP contribution in [0.25, 0.3) is 0 Å². The highest BCUT2D eigenvalue weighted by Gasteiger charge is 2.12. The Labute approximate surface area is 129 Å². The Morgan fingerprint density at radius 2 is 2.00 bits per heavy atom. The maximum atomic E-state index is 11.3. The van der Waals surface area contributed by atoms with E-state index in [4.69, 9.17) is 0 Å². The third-order valence-electron chi connectivity index (χ3n) is 3.08. The van der Waals surface area contributed by atoms with Crippen LogP contribution in [0.1, 0.15) is 29.1 Å². The molecule has 1 aromatic carbocycles. The van der Waals surface area contributed by atoms with Gasteiger partial charge in [-0.05, 0) is 44.5 Å². The molecule has 1 atom stereocenters. The zero-order valence-corrected chi connectivity index (χ0v) is 14.1. The molecule has 0 fully saturated rings. The molecule has 0 aliphatic heterocycles. The van der Waals surface area contributed by atoms with E-state index in [0.717, 1.165) is 23.2 Å². The molecular formula is C14H19N3O2S2. The molecular weight excluding hydrogens is 306 g/mol. The second kappa shape index (κ2) is 6.03. The number of hydrogen-bond acceptors (Lipinski definition) is 5. The average Bonchev–Trinajstić information content (AvgIpc) is 2.77. The van der Waals surface area contributed by atoms with Gasteiger partial charge in [-0.3, -0.25) is 4.72 Å². The van der Waals surface area contributed by atoms with Gasteiger partial charge < -0.3 is 5.32 Å². The van der Waals surface area contributed by atoms with E-state index in [-0.39, 0.29) is 6.04 Å². The Morgan fingerprint density at radius 3 is 2.52 bits per heavy atom. The van der Waals surface area contributed by atoms with Crippen molar-refractivity contribution in [3.8, 4) is 0 Å². The van der Waals surface area contributed by atoms with Crippen LogP contribution in [0, 0.1) is 13.8 Å². The summed E-state index contributed by atoms with van der Waals surface area (Å²) in [5.74, 6) is 0. The molecule has 7 heteroatoms. The van der Waals surface area contributed by atoms with Crippen molar-refractivity contribution in [3.63, 3.8) is 0 Å². The van der Waals surface area contributed by atoms with Crippen LogP contribution in [0.15, 0.2) is 23.7 Å². The SMILES string of the molecule is Cc1cc(NC(C)c2scnc2C)ccc1NS(C)(=O)=O. The standard InChI is InChI=1S/C14H19N3O2S2/c1-9-7-12(5-6-13(9)17-21(4,18)19)16-11(3)14-10(2)15-8-20-14/h5-8,11,16-17H,1-4H3. The molecule has 0 aliphatic carbocycles. The Morgan fingerprint density at radius 1 is 1.29 bits per heavy atom. The van der Waals surface area contributed by atoms with Crippen molar-refractivity contribution in [2.75, 3.05) is 16.3 Å². The number of benzene rings is 1. The van der Waals surface area contributed by atoms with E-state index in [1.54, 1.807) is 17.4 Å². The maximum absolute atomic E-state index is 11.3.